The molecule has 0 amide bonds. The van der Waals surface area contributed by atoms with Gasteiger partial charge < -0.3 is 19.7 Å². The van der Waals surface area contributed by atoms with E-state index >= 15 is 0 Å². The number of hydrogen-bond donors (Lipinski definition) is 1. The fourth-order valence-corrected chi connectivity index (χ4v) is 2.91. The highest BCUT2D eigenvalue weighted by Crippen LogP contribution is 2.16. The molecule has 1 N–H and O–H groups in total. The average molecular weight is 447 g/mol. The summed E-state index contributed by atoms with van der Waals surface area (Å²) in [7, 11) is 3.46. The fourth-order valence-electron chi connectivity index (χ4n) is 2.91. The predicted molar refractivity (Wildman–Crippen MR) is 110 cm³/mol. The van der Waals surface area contributed by atoms with Crippen molar-refractivity contribution in [1.82, 2.24) is 10.2 Å². The van der Waals surface area contributed by atoms with Crippen molar-refractivity contribution >= 4 is 29.9 Å². The number of hydrogen-bond acceptors (Lipinski definition) is 3. The van der Waals surface area contributed by atoms with Crippen LogP contribution in [0.3, 0.4) is 0 Å². The first-order chi connectivity index (χ1) is 11.3. The molecule has 0 bridgehead atoms. The fraction of sp³-hybridized carbons (Fsp3) is 0.611. The van der Waals surface area contributed by atoms with Gasteiger partial charge in [0.2, 0.25) is 0 Å². The minimum Gasteiger partial charge on any atom is -0.497 e. The molecule has 1 aliphatic heterocycles. The molecule has 1 aromatic rings. The maximum Gasteiger partial charge on any atom is 0.193 e. The first-order valence-corrected chi connectivity index (χ1v) is 8.42. The van der Waals surface area contributed by atoms with Gasteiger partial charge in [-0.05, 0) is 37.5 Å². The number of aliphatic imine (C=N–C) groups is 1. The summed E-state index contributed by atoms with van der Waals surface area (Å²) in [5, 5.41) is 3.41. The molecule has 1 aliphatic rings. The Hall–Kier alpha value is -1.02. The highest BCUT2D eigenvalue weighted by atomic mass is 127. The molecular weight excluding hydrogens is 417 g/mol. The second-order valence-corrected chi connectivity index (χ2v) is 5.89. The van der Waals surface area contributed by atoms with Gasteiger partial charge >= 0.3 is 0 Å². The van der Waals surface area contributed by atoms with Gasteiger partial charge in [0.25, 0.3) is 0 Å². The van der Waals surface area contributed by atoms with E-state index in [0.29, 0.717) is 5.92 Å². The molecular formula is C18H30IN3O2. The third-order valence-electron chi connectivity index (χ3n) is 4.14. The van der Waals surface area contributed by atoms with E-state index in [2.05, 4.69) is 29.3 Å². The second kappa shape index (κ2) is 11.5. The number of nitrogens with zero attached hydrogens (tertiary/aromatic N) is 2. The predicted octanol–water partition coefficient (Wildman–Crippen LogP) is 2.79. The monoisotopic (exact) mass is 447 g/mol. The Morgan fingerprint density at radius 2 is 2.04 bits per heavy atom. The summed E-state index contributed by atoms with van der Waals surface area (Å²) in [6.45, 7) is 6.72. The SMILES string of the molecule is CCNC(=NCCc1ccc(OC)cc1)N1CCC(COC)C1.I. The summed E-state index contributed by atoms with van der Waals surface area (Å²) in [4.78, 5) is 7.14. The van der Waals surface area contributed by atoms with Crippen LogP contribution in [-0.2, 0) is 11.2 Å². The van der Waals surface area contributed by atoms with Crippen LogP contribution < -0.4 is 10.1 Å². The summed E-state index contributed by atoms with van der Waals surface area (Å²) in [5.41, 5.74) is 1.28. The lowest BCUT2D eigenvalue weighted by atomic mass is 10.1. The van der Waals surface area contributed by atoms with Gasteiger partial charge in [-0.1, -0.05) is 12.1 Å². The van der Waals surface area contributed by atoms with E-state index in [9.17, 15) is 0 Å². The summed E-state index contributed by atoms with van der Waals surface area (Å²) in [6.07, 6.45) is 2.12. The van der Waals surface area contributed by atoms with E-state index in [0.717, 1.165) is 50.9 Å². The quantitative estimate of drug-likeness (QED) is 0.397. The van der Waals surface area contributed by atoms with Crippen molar-refractivity contribution in [3.05, 3.63) is 29.8 Å². The Kier molecular flexibility index (Phi) is 10.1. The lowest BCUT2D eigenvalue weighted by Crippen LogP contribution is -2.40. The van der Waals surface area contributed by atoms with E-state index in [1.54, 1.807) is 14.2 Å². The summed E-state index contributed by atoms with van der Waals surface area (Å²) < 4.78 is 10.5. The molecule has 0 saturated carbocycles. The van der Waals surface area contributed by atoms with Crippen molar-refractivity contribution in [2.24, 2.45) is 10.9 Å². The molecule has 1 heterocycles. The molecule has 0 aliphatic carbocycles. The maximum atomic E-state index is 5.27. The van der Waals surface area contributed by atoms with Crippen LogP contribution in [-0.4, -0.2) is 57.9 Å². The zero-order valence-electron chi connectivity index (χ0n) is 15.0. The number of rotatable bonds is 7. The van der Waals surface area contributed by atoms with Crippen LogP contribution in [0.2, 0.25) is 0 Å². The van der Waals surface area contributed by atoms with Crippen molar-refractivity contribution in [3.63, 3.8) is 0 Å². The highest BCUT2D eigenvalue weighted by Gasteiger charge is 2.24. The van der Waals surface area contributed by atoms with Crippen LogP contribution in [0.1, 0.15) is 18.9 Å². The largest absolute Gasteiger partial charge is 0.497 e. The number of ether oxygens (including phenoxy) is 2. The van der Waals surface area contributed by atoms with Gasteiger partial charge in [0.05, 0.1) is 13.7 Å². The van der Waals surface area contributed by atoms with Gasteiger partial charge in [-0.25, -0.2) is 0 Å². The lowest BCUT2D eigenvalue weighted by molar-refractivity contribution is 0.157. The molecule has 0 radical (unpaired) electrons. The van der Waals surface area contributed by atoms with Crippen molar-refractivity contribution < 1.29 is 9.47 Å². The normalized spacial score (nSPS) is 17.5. The summed E-state index contributed by atoms with van der Waals surface area (Å²) in [6, 6.07) is 8.21. The van der Waals surface area contributed by atoms with Crippen molar-refractivity contribution in [3.8, 4) is 5.75 Å². The number of nitrogens with one attached hydrogen (secondary N) is 1. The number of likely N-dealkylation sites (tertiary alicyclic amines) is 1. The topological polar surface area (TPSA) is 46.1 Å². The van der Waals surface area contributed by atoms with Gasteiger partial charge in [-0.3, -0.25) is 4.99 Å². The van der Waals surface area contributed by atoms with Crippen LogP contribution in [0, 0.1) is 5.92 Å². The molecule has 136 valence electrons. The molecule has 24 heavy (non-hydrogen) atoms. The molecule has 1 atom stereocenters. The molecule has 0 aromatic heterocycles. The van der Waals surface area contributed by atoms with Gasteiger partial charge in [0.1, 0.15) is 5.75 Å². The van der Waals surface area contributed by atoms with Crippen molar-refractivity contribution in [2.75, 3.05) is 47.0 Å². The lowest BCUT2D eigenvalue weighted by Gasteiger charge is -2.21. The standard InChI is InChI=1S/C18H29N3O2.HI/c1-4-19-18(21-12-10-16(13-21)14-22-2)20-11-9-15-5-7-17(23-3)8-6-15;/h5-8,16H,4,9-14H2,1-3H3,(H,19,20);1H. The van der Waals surface area contributed by atoms with E-state index in [1.807, 2.05) is 12.1 Å². The van der Waals surface area contributed by atoms with Crippen LogP contribution in [0.4, 0.5) is 0 Å². The zero-order valence-corrected chi connectivity index (χ0v) is 17.3. The number of benzene rings is 1. The smallest absolute Gasteiger partial charge is 0.193 e. The summed E-state index contributed by atoms with van der Waals surface area (Å²) in [5.74, 6) is 2.54. The van der Waals surface area contributed by atoms with Crippen LogP contribution in [0.15, 0.2) is 29.3 Å². The third-order valence-corrected chi connectivity index (χ3v) is 4.14. The third kappa shape index (κ3) is 6.47. The first kappa shape index (κ1) is 21.0. The van der Waals surface area contributed by atoms with E-state index < -0.39 is 0 Å². The molecule has 1 saturated heterocycles. The van der Waals surface area contributed by atoms with E-state index in [-0.39, 0.29) is 24.0 Å². The van der Waals surface area contributed by atoms with Gasteiger partial charge in [-0.2, -0.15) is 0 Å². The van der Waals surface area contributed by atoms with Gasteiger partial charge in [0.15, 0.2) is 5.96 Å². The van der Waals surface area contributed by atoms with Gasteiger partial charge in [0, 0.05) is 39.2 Å². The van der Waals surface area contributed by atoms with Crippen molar-refractivity contribution in [1.29, 1.82) is 0 Å². The minimum atomic E-state index is 0. The zero-order chi connectivity index (χ0) is 16.5. The first-order valence-electron chi connectivity index (χ1n) is 8.42. The van der Waals surface area contributed by atoms with E-state index in [1.165, 1.54) is 12.0 Å². The number of guanidine groups is 1. The van der Waals surface area contributed by atoms with Crippen LogP contribution in [0.25, 0.3) is 0 Å². The van der Waals surface area contributed by atoms with Gasteiger partial charge in [-0.15, -0.1) is 24.0 Å². The number of methoxy groups -OCH3 is 2. The highest BCUT2D eigenvalue weighted by molar-refractivity contribution is 14.0. The molecule has 1 aromatic carbocycles. The molecule has 1 unspecified atom stereocenters. The van der Waals surface area contributed by atoms with E-state index in [4.69, 9.17) is 14.5 Å². The summed E-state index contributed by atoms with van der Waals surface area (Å²) >= 11 is 0. The number of halogens is 1. The molecule has 5 nitrogen and oxygen atoms in total. The molecule has 6 heteroatoms. The Morgan fingerprint density at radius 3 is 2.67 bits per heavy atom. The molecule has 0 spiro atoms. The Bertz CT molecular complexity index is 494. The van der Waals surface area contributed by atoms with Crippen LogP contribution in [0.5, 0.6) is 5.75 Å². The van der Waals surface area contributed by atoms with Crippen LogP contribution >= 0.6 is 24.0 Å². The average Bonchev–Trinajstić information content (AvgIpc) is 3.03. The Balaban J connectivity index is 0.00000288. The Labute approximate surface area is 162 Å². The minimum absolute atomic E-state index is 0. The Morgan fingerprint density at radius 1 is 1.29 bits per heavy atom. The second-order valence-electron chi connectivity index (χ2n) is 5.89. The van der Waals surface area contributed by atoms with Crippen molar-refractivity contribution in [2.45, 2.75) is 19.8 Å². The molecule has 1 fully saturated rings. The molecule has 2 rings (SSSR count). The maximum absolute atomic E-state index is 5.27.